The van der Waals surface area contributed by atoms with Crippen LogP contribution in [0.2, 0.25) is 0 Å². The summed E-state index contributed by atoms with van der Waals surface area (Å²) < 4.78 is 9.74. The van der Waals surface area contributed by atoms with E-state index in [9.17, 15) is 4.79 Å². The normalized spacial score (nSPS) is 14.5. The molecular weight excluding hydrogens is 330 g/mol. The highest BCUT2D eigenvalue weighted by molar-refractivity contribution is 5.79. The van der Waals surface area contributed by atoms with Crippen molar-refractivity contribution in [2.24, 2.45) is 0 Å². The molecular formula is C19H23N5O2. The highest BCUT2D eigenvalue weighted by Gasteiger charge is 2.28. The molecule has 0 aliphatic carbocycles. The van der Waals surface area contributed by atoms with Crippen LogP contribution in [0.4, 0.5) is 4.79 Å². The summed E-state index contributed by atoms with van der Waals surface area (Å²) in [4.78, 5) is 14.0. The molecule has 0 fully saturated rings. The van der Waals surface area contributed by atoms with Crippen LogP contribution in [0.3, 0.4) is 0 Å². The first-order chi connectivity index (χ1) is 12.4. The molecule has 0 bridgehead atoms. The average Bonchev–Trinajstić information content (AvgIpc) is 3.18. The number of aromatic nitrogens is 4. The molecule has 0 N–H and O–H groups in total. The van der Waals surface area contributed by atoms with Gasteiger partial charge in [0.05, 0.1) is 13.1 Å². The molecule has 7 nitrogen and oxygen atoms in total. The molecule has 4 rings (SSSR count). The molecule has 0 atom stereocenters. The fourth-order valence-corrected chi connectivity index (χ4v) is 3.25. The molecule has 136 valence electrons. The van der Waals surface area contributed by atoms with Gasteiger partial charge in [0.2, 0.25) is 0 Å². The van der Waals surface area contributed by atoms with Crippen LogP contribution in [0.5, 0.6) is 0 Å². The molecule has 0 radical (unpaired) electrons. The Hall–Kier alpha value is -2.83. The van der Waals surface area contributed by atoms with E-state index < -0.39 is 5.60 Å². The van der Waals surface area contributed by atoms with Crippen LogP contribution in [-0.4, -0.2) is 42.5 Å². The number of nitrogens with zero attached hydrogens (tertiary/aromatic N) is 5. The van der Waals surface area contributed by atoms with Crippen molar-refractivity contribution < 1.29 is 9.53 Å². The first-order valence-corrected chi connectivity index (χ1v) is 8.83. The quantitative estimate of drug-likeness (QED) is 0.710. The Labute approximate surface area is 152 Å². The zero-order valence-corrected chi connectivity index (χ0v) is 15.3. The summed E-state index contributed by atoms with van der Waals surface area (Å²) >= 11 is 0. The molecule has 26 heavy (non-hydrogen) atoms. The smallest absolute Gasteiger partial charge is 0.410 e. The second kappa shape index (κ2) is 6.16. The van der Waals surface area contributed by atoms with Gasteiger partial charge in [-0.15, -0.1) is 10.2 Å². The molecule has 7 heteroatoms. The van der Waals surface area contributed by atoms with E-state index in [0.29, 0.717) is 26.2 Å². The Morgan fingerprint density at radius 3 is 2.77 bits per heavy atom. The average molecular weight is 353 g/mol. The number of hydrogen-bond acceptors (Lipinski definition) is 4. The minimum Gasteiger partial charge on any atom is -0.444 e. The molecule has 3 aromatic rings. The van der Waals surface area contributed by atoms with Crippen LogP contribution >= 0.6 is 0 Å². The van der Waals surface area contributed by atoms with Crippen LogP contribution in [0, 0.1) is 0 Å². The van der Waals surface area contributed by atoms with E-state index in [0.717, 1.165) is 11.6 Å². The van der Waals surface area contributed by atoms with Crippen LogP contribution < -0.4 is 0 Å². The van der Waals surface area contributed by atoms with Gasteiger partial charge in [-0.05, 0) is 38.3 Å². The summed E-state index contributed by atoms with van der Waals surface area (Å²) in [6.45, 7) is 7.97. The van der Waals surface area contributed by atoms with Gasteiger partial charge in [0.15, 0.2) is 11.6 Å². The third-order valence-corrected chi connectivity index (χ3v) is 4.47. The van der Waals surface area contributed by atoms with Crippen molar-refractivity contribution in [1.29, 1.82) is 0 Å². The Balaban J connectivity index is 1.52. The van der Waals surface area contributed by atoms with Crippen LogP contribution in [0.15, 0.2) is 36.5 Å². The molecule has 2 aromatic heterocycles. The van der Waals surface area contributed by atoms with Crippen molar-refractivity contribution in [2.75, 3.05) is 6.54 Å². The summed E-state index contributed by atoms with van der Waals surface area (Å²) in [5.74, 6) is 1.71. The summed E-state index contributed by atoms with van der Waals surface area (Å²) in [5, 5.41) is 9.87. The van der Waals surface area contributed by atoms with Gasteiger partial charge >= 0.3 is 6.09 Å². The van der Waals surface area contributed by atoms with Crippen LogP contribution in [0.1, 0.15) is 32.4 Å². The van der Waals surface area contributed by atoms with E-state index in [1.807, 2.05) is 32.9 Å². The fourth-order valence-electron chi connectivity index (χ4n) is 3.25. The lowest BCUT2D eigenvalue weighted by Crippen LogP contribution is -2.41. The Morgan fingerprint density at radius 1 is 1.15 bits per heavy atom. The molecule has 0 saturated heterocycles. The highest BCUT2D eigenvalue weighted by Crippen LogP contribution is 2.19. The van der Waals surface area contributed by atoms with E-state index in [1.165, 1.54) is 10.9 Å². The van der Waals surface area contributed by atoms with Crippen molar-refractivity contribution in [3.63, 3.8) is 0 Å². The van der Waals surface area contributed by atoms with Gasteiger partial charge in [0.25, 0.3) is 0 Å². The molecule has 0 unspecified atom stereocenters. The molecule has 1 aliphatic rings. The van der Waals surface area contributed by atoms with Crippen molar-refractivity contribution in [2.45, 2.75) is 46.0 Å². The maximum atomic E-state index is 12.3. The fraction of sp³-hybridized carbons (Fsp3) is 0.421. The number of para-hydroxylation sites is 1. The lowest BCUT2D eigenvalue weighted by molar-refractivity contribution is 0.0194. The minimum absolute atomic E-state index is 0.301. The molecule has 3 heterocycles. The van der Waals surface area contributed by atoms with Gasteiger partial charge in [-0.3, -0.25) is 4.90 Å². The van der Waals surface area contributed by atoms with E-state index in [1.54, 1.807) is 4.90 Å². The number of rotatable bonds is 2. The second-order valence-corrected chi connectivity index (χ2v) is 7.59. The zero-order valence-electron chi connectivity index (χ0n) is 15.3. The first-order valence-electron chi connectivity index (χ1n) is 8.83. The number of benzene rings is 1. The Bertz CT molecular complexity index is 950. The van der Waals surface area contributed by atoms with E-state index in [4.69, 9.17) is 4.74 Å². The standard InChI is InChI=1S/C19H23N5O2/c1-19(2,3)26-18(25)23-10-11-24-16(20-21-17(24)13-23)12-22-9-8-14-6-4-5-7-15(14)22/h4-9H,10-13H2,1-3H3. The second-order valence-electron chi connectivity index (χ2n) is 7.59. The third-order valence-electron chi connectivity index (χ3n) is 4.47. The van der Waals surface area contributed by atoms with Gasteiger partial charge < -0.3 is 13.9 Å². The van der Waals surface area contributed by atoms with Gasteiger partial charge in [-0.1, -0.05) is 18.2 Å². The van der Waals surface area contributed by atoms with E-state index in [2.05, 4.69) is 43.7 Å². The van der Waals surface area contributed by atoms with Crippen molar-refractivity contribution in [3.05, 3.63) is 48.2 Å². The Morgan fingerprint density at radius 2 is 1.96 bits per heavy atom. The summed E-state index contributed by atoms with van der Waals surface area (Å²) in [7, 11) is 0. The van der Waals surface area contributed by atoms with Gasteiger partial charge in [-0.25, -0.2) is 4.79 Å². The van der Waals surface area contributed by atoms with Crippen LogP contribution in [-0.2, 0) is 24.4 Å². The molecule has 0 spiro atoms. The SMILES string of the molecule is CC(C)(C)OC(=O)N1CCn2c(nnc2Cn2ccc3ccccc32)C1. The molecule has 1 aliphatic heterocycles. The zero-order chi connectivity index (χ0) is 18.3. The Kier molecular flexibility index (Phi) is 3.94. The molecule has 0 saturated carbocycles. The number of carbonyl (C=O) groups excluding carboxylic acids is 1. The topological polar surface area (TPSA) is 65.2 Å². The molecule has 1 aromatic carbocycles. The third kappa shape index (κ3) is 3.16. The van der Waals surface area contributed by atoms with E-state index in [-0.39, 0.29) is 6.09 Å². The lowest BCUT2D eigenvalue weighted by Gasteiger charge is -2.30. The van der Waals surface area contributed by atoms with Gasteiger partial charge in [-0.2, -0.15) is 0 Å². The predicted molar refractivity (Wildman–Crippen MR) is 97.7 cm³/mol. The van der Waals surface area contributed by atoms with Crippen LogP contribution in [0.25, 0.3) is 10.9 Å². The summed E-state index contributed by atoms with van der Waals surface area (Å²) in [6, 6.07) is 10.4. The van der Waals surface area contributed by atoms with Gasteiger partial charge in [0, 0.05) is 24.8 Å². The summed E-state index contributed by atoms with van der Waals surface area (Å²) in [6.07, 6.45) is 1.77. The van der Waals surface area contributed by atoms with E-state index >= 15 is 0 Å². The maximum absolute atomic E-state index is 12.3. The highest BCUT2D eigenvalue weighted by atomic mass is 16.6. The number of ether oxygens (including phenoxy) is 1. The monoisotopic (exact) mass is 353 g/mol. The number of amides is 1. The lowest BCUT2D eigenvalue weighted by atomic mass is 10.2. The minimum atomic E-state index is -0.497. The number of carbonyl (C=O) groups is 1. The van der Waals surface area contributed by atoms with Crippen molar-refractivity contribution >= 4 is 17.0 Å². The first kappa shape index (κ1) is 16.6. The van der Waals surface area contributed by atoms with Crippen molar-refractivity contribution in [3.8, 4) is 0 Å². The van der Waals surface area contributed by atoms with Crippen molar-refractivity contribution in [1.82, 2.24) is 24.2 Å². The number of hydrogen-bond donors (Lipinski definition) is 0. The predicted octanol–water partition coefficient (Wildman–Crippen LogP) is 3.03. The molecule has 1 amide bonds. The maximum Gasteiger partial charge on any atom is 0.410 e. The van der Waals surface area contributed by atoms with Gasteiger partial charge in [0.1, 0.15) is 5.60 Å². The number of fused-ring (bicyclic) bond motifs is 2. The largest absolute Gasteiger partial charge is 0.444 e. The summed E-state index contributed by atoms with van der Waals surface area (Å²) in [5.41, 5.74) is 0.680.